The second-order valence-electron chi connectivity index (χ2n) is 5.58. The lowest BCUT2D eigenvalue weighted by Crippen LogP contribution is -2.26. The minimum absolute atomic E-state index is 0.236. The van der Waals surface area contributed by atoms with E-state index in [1.165, 1.54) is 11.3 Å². The van der Waals surface area contributed by atoms with Gasteiger partial charge < -0.3 is 15.2 Å². The molecule has 0 aliphatic heterocycles. The van der Waals surface area contributed by atoms with Gasteiger partial charge in [0.1, 0.15) is 18.5 Å². The first-order valence-corrected chi connectivity index (χ1v) is 8.28. The van der Waals surface area contributed by atoms with Crippen molar-refractivity contribution < 1.29 is 9.84 Å². The van der Waals surface area contributed by atoms with Gasteiger partial charge in [0, 0.05) is 6.54 Å². The molecular formula is C16H20N4O2S. The number of imidazole rings is 1. The van der Waals surface area contributed by atoms with E-state index in [1.54, 1.807) is 4.52 Å². The van der Waals surface area contributed by atoms with Gasteiger partial charge in [0.2, 0.25) is 10.1 Å². The van der Waals surface area contributed by atoms with Gasteiger partial charge in [-0.25, -0.2) is 9.50 Å². The quantitative estimate of drug-likeness (QED) is 0.726. The van der Waals surface area contributed by atoms with Crippen LogP contribution in [0.25, 0.3) is 4.96 Å². The average Bonchev–Trinajstić information content (AvgIpc) is 3.01. The first-order chi connectivity index (χ1) is 11.0. The number of rotatable bonds is 6. The molecule has 1 aromatic carbocycles. The Morgan fingerprint density at radius 3 is 2.74 bits per heavy atom. The Balaban J connectivity index is 1.53. The van der Waals surface area contributed by atoms with Gasteiger partial charge in [-0.1, -0.05) is 29.5 Å². The fourth-order valence-electron chi connectivity index (χ4n) is 2.35. The zero-order valence-electron chi connectivity index (χ0n) is 13.4. The van der Waals surface area contributed by atoms with Crippen LogP contribution in [0.1, 0.15) is 16.8 Å². The lowest BCUT2D eigenvalue weighted by Gasteiger charge is -2.15. The number of benzene rings is 1. The lowest BCUT2D eigenvalue weighted by atomic mass is 10.1. The van der Waals surface area contributed by atoms with E-state index in [9.17, 15) is 5.11 Å². The van der Waals surface area contributed by atoms with Crippen molar-refractivity contribution in [3.63, 3.8) is 0 Å². The van der Waals surface area contributed by atoms with E-state index in [2.05, 4.69) is 15.4 Å². The van der Waals surface area contributed by atoms with E-state index in [0.717, 1.165) is 32.7 Å². The van der Waals surface area contributed by atoms with Gasteiger partial charge >= 0.3 is 0 Å². The number of ether oxygens (including phenoxy) is 1. The maximum absolute atomic E-state index is 10.1. The van der Waals surface area contributed by atoms with Crippen LogP contribution in [-0.4, -0.2) is 39.0 Å². The molecule has 0 spiro atoms. The lowest BCUT2D eigenvalue weighted by molar-refractivity contribution is 0.117. The maximum atomic E-state index is 10.1. The van der Waals surface area contributed by atoms with Gasteiger partial charge in [-0.15, -0.1) is 5.10 Å². The number of para-hydroxylation sites is 1. The summed E-state index contributed by atoms with van der Waals surface area (Å²) >= 11 is 1.46. The third-order valence-corrected chi connectivity index (χ3v) is 4.36. The van der Waals surface area contributed by atoms with Crippen molar-refractivity contribution in [1.29, 1.82) is 0 Å². The summed E-state index contributed by atoms with van der Waals surface area (Å²) in [6, 6.07) is 6.00. The van der Waals surface area contributed by atoms with E-state index >= 15 is 0 Å². The first kappa shape index (κ1) is 15.8. The average molecular weight is 332 g/mol. The number of nitrogens with one attached hydrogen (secondary N) is 1. The number of hydrogen-bond donors (Lipinski definition) is 2. The number of anilines is 1. The van der Waals surface area contributed by atoms with E-state index in [0.29, 0.717) is 6.54 Å². The molecule has 1 atom stereocenters. The Kier molecular flexibility index (Phi) is 4.49. The molecule has 2 N–H and O–H groups in total. The third kappa shape index (κ3) is 3.62. The number of aliphatic hydroxyl groups excluding tert-OH is 1. The molecular weight excluding hydrogens is 312 g/mol. The van der Waals surface area contributed by atoms with Crippen molar-refractivity contribution in [1.82, 2.24) is 14.6 Å². The molecule has 7 heteroatoms. The van der Waals surface area contributed by atoms with Gasteiger partial charge in [-0.2, -0.15) is 0 Å². The highest BCUT2D eigenvalue weighted by molar-refractivity contribution is 7.20. The molecule has 3 aromatic rings. The molecule has 23 heavy (non-hydrogen) atoms. The van der Waals surface area contributed by atoms with Crippen LogP contribution in [-0.2, 0) is 0 Å². The molecule has 0 unspecified atom stereocenters. The van der Waals surface area contributed by atoms with Crippen molar-refractivity contribution in [3.05, 3.63) is 41.2 Å². The second-order valence-corrected chi connectivity index (χ2v) is 6.54. The van der Waals surface area contributed by atoms with Crippen LogP contribution in [0.4, 0.5) is 5.13 Å². The summed E-state index contributed by atoms with van der Waals surface area (Å²) in [7, 11) is 0. The number of nitrogens with zero attached hydrogens (tertiary/aromatic N) is 3. The summed E-state index contributed by atoms with van der Waals surface area (Å²) in [4.78, 5) is 5.19. The number of fused-ring (bicyclic) bond motifs is 1. The van der Waals surface area contributed by atoms with Crippen LogP contribution < -0.4 is 10.1 Å². The van der Waals surface area contributed by atoms with Crippen LogP contribution in [0.2, 0.25) is 0 Å². The minimum atomic E-state index is -0.619. The van der Waals surface area contributed by atoms with Crippen LogP contribution in [0, 0.1) is 20.8 Å². The molecule has 0 saturated heterocycles. The minimum Gasteiger partial charge on any atom is -0.490 e. The Morgan fingerprint density at radius 2 is 2.04 bits per heavy atom. The van der Waals surface area contributed by atoms with Gasteiger partial charge in [-0.05, 0) is 31.9 Å². The first-order valence-electron chi connectivity index (χ1n) is 7.46. The van der Waals surface area contributed by atoms with E-state index < -0.39 is 6.10 Å². The normalized spacial score (nSPS) is 12.5. The molecule has 3 rings (SSSR count). The maximum Gasteiger partial charge on any atom is 0.214 e. The third-order valence-electron chi connectivity index (χ3n) is 3.48. The molecule has 0 amide bonds. The topological polar surface area (TPSA) is 71.7 Å². The highest BCUT2D eigenvalue weighted by Crippen LogP contribution is 2.22. The highest BCUT2D eigenvalue weighted by Gasteiger charge is 2.11. The number of aliphatic hydroxyl groups is 1. The Labute approximate surface area is 138 Å². The summed E-state index contributed by atoms with van der Waals surface area (Å²) < 4.78 is 7.49. The molecule has 6 nitrogen and oxygen atoms in total. The molecule has 122 valence electrons. The van der Waals surface area contributed by atoms with Crippen molar-refractivity contribution in [2.45, 2.75) is 26.9 Å². The molecule has 2 heterocycles. The van der Waals surface area contributed by atoms with E-state index in [-0.39, 0.29) is 6.61 Å². The van der Waals surface area contributed by atoms with Gasteiger partial charge in [-0.3, -0.25) is 0 Å². The standard InChI is InChI=1S/C16H20N4O2S/c1-10-5-4-6-11(2)14(10)22-9-13(21)7-17-15-19-20-8-12(3)18-16(20)23-15/h4-6,8,13,21H,7,9H2,1-3H3,(H,17,19)/t13-/m0/s1. The van der Waals surface area contributed by atoms with Crippen molar-refractivity contribution in [2.24, 2.45) is 0 Å². The van der Waals surface area contributed by atoms with E-state index in [1.807, 2.05) is 45.2 Å². The molecule has 0 fully saturated rings. The Morgan fingerprint density at radius 1 is 1.30 bits per heavy atom. The molecule has 2 aromatic heterocycles. The summed E-state index contributed by atoms with van der Waals surface area (Å²) in [6.45, 7) is 6.55. The molecule has 0 bridgehead atoms. The van der Waals surface area contributed by atoms with Crippen LogP contribution in [0.5, 0.6) is 5.75 Å². The van der Waals surface area contributed by atoms with Crippen LogP contribution in [0.3, 0.4) is 0 Å². The smallest absolute Gasteiger partial charge is 0.214 e. The number of aromatic nitrogens is 3. The van der Waals surface area contributed by atoms with Gasteiger partial charge in [0.15, 0.2) is 0 Å². The summed E-state index contributed by atoms with van der Waals surface area (Å²) in [5.41, 5.74) is 3.08. The molecule has 0 saturated carbocycles. The zero-order chi connectivity index (χ0) is 16.4. The van der Waals surface area contributed by atoms with Crippen molar-refractivity contribution in [2.75, 3.05) is 18.5 Å². The zero-order valence-corrected chi connectivity index (χ0v) is 14.2. The Bertz CT molecular complexity index is 760. The number of aryl methyl sites for hydroxylation is 3. The molecule has 0 radical (unpaired) electrons. The molecule has 0 aliphatic rings. The SMILES string of the molecule is Cc1cn2nc(NC[C@H](O)COc3c(C)cccc3C)sc2n1. The van der Waals surface area contributed by atoms with Crippen LogP contribution >= 0.6 is 11.3 Å². The second kappa shape index (κ2) is 6.55. The monoisotopic (exact) mass is 332 g/mol. The number of hydrogen-bond acceptors (Lipinski definition) is 6. The largest absolute Gasteiger partial charge is 0.490 e. The summed E-state index contributed by atoms with van der Waals surface area (Å²) in [5.74, 6) is 0.842. The van der Waals surface area contributed by atoms with Crippen molar-refractivity contribution >= 4 is 21.4 Å². The van der Waals surface area contributed by atoms with Gasteiger partial charge in [0.25, 0.3) is 0 Å². The van der Waals surface area contributed by atoms with Crippen LogP contribution in [0.15, 0.2) is 24.4 Å². The van der Waals surface area contributed by atoms with Gasteiger partial charge in [0.05, 0.1) is 11.9 Å². The predicted octanol–water partition coefficient (Wildman–Crippen LogP) is 2.57. The fourth-order valence-corrected chi connectivity index (χ4v) is 3.18. The summed E-state index contributed by atoms with van der Waals surface area (Å²) in [5, 5.41) is 18.3. The van der Waals surface area contributed by atoms with Crippen molar-refractivity contribution in [3.8, 4) is 5.75 Å². The fraction of sp³-hybridized carbons (Fsp3) is 0.375. The Hall–Kier alpha value is -2.12. The predicted molar refractivity (Wildman–Crippen MR) is 91.5 cm³/mol. The summed E-state index contributed by atoms with van der Waals surface area (Å²) in [6.07, 6.45) is 1.25. The van der Waals surface area contributed by atoms with E-state index in [4.69, 9.17) is 4.74 Å². The molecule has 0 aliphatic carbocycles. The highest BCUT2D eigenvalue weighted by atomic mass is 32.1.